The van der Waals surface area contributed by atoms with Crippen LogP contribution in [0.2, 0.25) is 0 Å². The van der Waals surface area contributed by atoms with Crippen molar-refractivity contribution in [2.45, 2.75) is 0 Å². The third-order valence-electron chi connectivity index (χ3n) is 11.3. The van der Waals surface area contributed by atoms with E-state index in [-0.39, 0.29) is 0 Å². The smallest absolute Gasteiger partial charge is 0.160 e. The Morgan fingerprint density at radius 2 is 0.746 bits per heavy atom. The lowest BCUT2D eigenvalue weighted by Crippen LogP contribution is -1.96. The molecule has 0 N–H and O–H groups in total. The van der Waals surface area contributed by atoms with E-state index in [0.717, 1.165) is 77.7 Å². The number of aromatic nitrogens is 2. The lowest BCUT2D eigenvalue weighted by Gasteiger charge is -2.11. The Balaban J connectivity index is 0.968. The Bertz CT molecular complexity index is 3260. The summed E-state index contributed by atoms with van der Waals surface area (Å²) >= 11 is 0. The Morgan fingerprint density at radius 1 is 0.271 bits per heavy atom. The molecule has 0 bridgehead atoms. The minimum absolute atomic E-state index is 0.705. The molecule has 0 aliphatic heterocycles. The zero-order valence-corrected chi connectivity index (χ0v) is 32.1. The lowest BCUT2D eigenvalue weighted by molar-refractivity contribution is 0.673. The SMILES string of the molecule is c1ccc(-c2cccc(-c3cc4c5ccc(-c6cccc(-c7cccc(-c8cc(-c9ccccc9)nc(-c9ccccc9)n8)c7)c6)cc5oc4c4ccccc34)c2)cc1. The van der Waals surface area contributed by atoms with Gasteiger partial charge in [-0.05, 0) is 92.4 Å². The van der Waals surface area contributed by atoms with Crippen LogP contribution in [0.1, 0.15) is 0 Å². The van der Waals surface area contributed by atoms with Crippen LogP contribution >= 0.6 is 0 Å². The van der Waals surface area contributed by atoms with Crippen molar-refractivity contribution in [3.8, 4) is 78.4 Å². The van der Waals surface area contributed by atoms with Gasteiger partial charge in [0.05, 0.1) is 11.4 Å². The molecule has 11 rings (SSSR count). The van der Waals surface area contributed by atoms with E-state index >= 15 is 0 Å². The van der Waals surface area contributed by atoms with E-state index in [1.807, 2.05) is 36.4 Å². The maximum atomic E-state index is 6.76. The topological polar surface area (TPSA) is 38.9 Å². The third kappa shape index (κ3) is 6.45. The van der Waals surface area contributed by atoms with Crippen LogP contribution in [-0.4, -0.2) is 9.97 Å². The molecule has 11 aromatic rings. The molecule has 3 heteroatoms. The summed E-state index contributed by atoms with van der Waals surface area (Å²) in [4.78, 5) is 10.1. The molecule has 0 spiro atoms. The molecule has 0 saturated carbocycles. The fourth-order valence-electron chi connectivity index (χ4n) is 8.32. The Labute approximate surface area is 342 Å². The molecule has 2 heterocycles. The van der Waals surface area contributed by atoms with Gasteiger partial charge in [-0.25, -0.2) is 9.97 Å². The van der Waals surface area contributed by atoms with Crippen molar-refractivity contribution in [1.29, 1.82) is 0 Å². The summed E-state index contributed by atoms with van der Waals surface area (Å²) in [6, 6.07) is 76.9. The second-order valence-electron chi connectivity index (χ2n) is 15.0. The highest BCUT2D eigenvalue weighted by Crippen LogP contribution is 2.42. The van der Waals surface area contributed by atoms with Gasteiger partial charge in [0.1, 0.15) is 11.2 Å². The van der Waals surface area contributed by atoms with E-state index in [4.69, 9.17) is 14.4 Å². The van der Waals surface area contributed by atoms with Gasteiger partial charge < -0.3 is 4.42 Å². The Hall–Kier alpha value is -7.88. The first kappa shape index (κ1) is 34.4. The predicted molar refractivity (Wildman–Crippen MR) is 245 cm³/mol. The molecular formula is C56H36N2O. The zero-order valence-electron chi connectivity index (χ0n) is 32.1. The summed E-state index contributed by atoms with van der Waals surface area (Å²) in [6.45, 7) is 0. The van der Waals surface area contributed by atoms with Gasteiger partial charge in [0.25, 0.3) is 0 Å². The van der Waals surface area contributed by atoms with Gasteiger partial charge in [-0.3, -0.25) is 0 Å². The number of nitrogens with zero attached hydrogens (tertiary/aromatic N) is 2. The molecule has 3 nitrogen and oxygen atoms in total. The zero-order chi connectivity index (χ0) is 39.1. The van der Waals surface area contributed by atoms with Crippen molar-refractivity contribution in [2.75, 3.05) is 0 Å². The van der Waals surface area contributed by atoms with Gasteiger partial charge in [-0.1, -0.05) is 176 Å². The minimum atomic E-state index is 0.705. The van der Waals surface area contributed by atoms with Crippen molar-refractivity contribution in [3.63, 3.8) is 0 Å². The average Bonchev–Trinajstić information content (AvgIpc) is 3.70. The largest absolute Gasteiger partial charge is 0.455 e. The van der Waals surface area contributed by atoms with Gasteiger partial charge in [0.15, 0.2) is 5.82 Å². The average molecular weight is 753 g/mol. The van der Waals surface area contributed by atoms with Crippen molar-refractivity contribution < 1.29 is 4.42 Å². The number of rotatable bonds is 7. The molecule has 0 aliphatic rings. The molecule has 0 atom stereocenters. The maximum absolute atomic E-state index is 6.76. The van der Waals surface area contributed by atoms with Gasteiger partial charge in [0, 0.05) is 32.8 Å². The first-order chi connectivity index (χ1) is 29.2. The number of furan rings is 1. The van der Waals surface area contributed by atoms with E-state index in [1.54, 1.807) is 0 Å². The first-order valence-corrected chi connectivity index (χ1v) is 20.0. The Morgan fingerprint density at radius 3 is 1.42 bits per heavy atom. The molecule has 0 fully saturated rings. The van der Waals surface area contributed by atoms with Crippen LogP contribution in [0, 0.1) is 0 Å². The van der Waals surface area contributed by atoms with Crippen LogP contribution in [-0.2, 0) is 0 Å². The summed E-state index contributed by atoms with van der Waals surface area (Å²) in [5.74, 6) is 0.705. The molecular weight excluding hydrogens is 717 g/mol. The van der Waals surface area contributed by atoms with Crippen LogP contribution in [0.5, 0.6) is 0 Å². The number of benzene rings is 9. The monoisotopic (exact) mass is 752 g/mol. The van der Waals surface area contributed by atoms with Gasteiger partial charge in [-0.15, -0.1) is 0 Å². The van der Waals surface area contributed by atoms with E-state index in [1.165, 1.54) is 27.6 Å². The van der Waals surface area contributed by atoms with Gasteiger partial charge in [-0.2, -0.15) is 0 Å². The molecule has 9 aromatic carbocycles. The van der Waals surface area contributed by atoms with E-state index < -0.39 is 0 Å². The van der Waals surface area contributed by atoms with E-state index in [2.05, 4.69) is 182 Å². The summed E-state index contributed by atoms with van der Waals surface area (Å²) in [5.41, 5.74) is 15.9. The van der Waals surface area contributed by atoms with Crippen LogP contribution in [0.4, 0.5) is 0 Å². The molecule has 0 saturated heterocycles. The summed E-state index contributed by atoms with van der Waals surface area (Å²) in [5, 5.41) is 4.51. The van der Waals surface area contributed by atoms with Crippen LogP contribution in [0.3, 0.4) is 0 Å². The molecule has 2 aromatic heterocycles. The second-order valence-corrected chi connectivity index (χ2v) is 15.0. The van der Waals surface area contributed by atoms with Crippen LogP contribution < -0.4 is 0 Å². The highest BCUT2D eigenvalue weighted by molar-refractivity contribution is 6.19. The van der Waals surface area contributed by atoms with Crippen LogP contribution in [0.25, 0.3) is 111 Å². The van der Waals surface area contributed by atoms with Crippen molar-refractivity contribution in [3.05, 3.63) is 218 Å². The summed E-state index contributed by atoms with van der Waals surface area (Å²) < 4.78 is 6.76. The highest BCUT2D eigenvalue weighted by atomic mass is 16.3. The molecule has 276 valence electrons. The van der Waals surface area contributed by atoms with Gasteiger partial charge >= 0.3 is 0 Å². The first-order valence-electron chi connectivity index (χ1n) is 20.0. The molecule has 0 amide bonds. The van der Waals surface area contributed by atoms with Crippen molar-refractivity contribution >= 4 is 32.7 Å². The van der Waals surface area contributed by atoms with Crippen molar-refractivity contribution in [1.82, 2.24) is 9.97 Å². The maximum Gasteiger partial charge on any atom is 0.160 e. The fourth-order valence-corrected chi connectivity index (χ4v) is 8.32. The number of hydrogen-bond donors (Lipinski definition) is 0. The summed E-state index contributed by atoms with van der Waals surface area (Å²) in [7, 11) is 0. The summed E-state index contributed by atoms with van der Waals surface area (Å²) in [6.07, 6.45) is 0. The number of hydrogen-bond acceptors (Lipinski definition) is 3. The molecule has 0 aliphatic carbocycles. The highest BCUT2D eigenvalue weighted by Gasteiger charge is 2.17. The lowest BCUT2D eigenvalue weighted by atomic mass is 9.93. The quantitative estimate of drug-likeness (QED) is 0.163. The molecule has 0 radical (unpaired) electrons. The Kier molecular flexibility index (Phi) is 8.49. The molecule has 0 unspecified atom stereocenters. The fraction of sp³-hybridized carbons (Fsp3) is 0. The predicted octanol–water partition coefficient (Wildman–Crippen LogP) is 15.2. The van der Waals surface area contributed by atoms with E-state index in [9.17, 15) is 0 Å². The number of fused-ring (bicyclic) bond motifs is 5. The third-order valence-corrected chi connectivity index (χ3v) is 11.3. The standard InChI is InChI=1S/C56H36N2O/c1-4-15-37(16-5-1)40-21-13-25-45(32-40)50-35-51-48-30-29-44(34-54(48)59-55(51)49-28-11-10-27-47(49)50)42-23-12-22-41(31-42)43-24-14-26-46(33-43)53-36-52(38-17-6-2-7-18-38)57-56(58-53)39-19-8-3-9-20-39/h1-36H. The second kappa shape index (κ2) is 14.6. The van der Waals surface area contributed by atoms with Gasteiger partial charge in [0.2, 0.25) is 0 Å². The minimum Gasteiger partial charge on any atom is -0.455 e. The van der Waals surface area contributed by atoms with Crippen LogP contribution in [0.15, 0.2) is 223 Å². The normalized spacial score (nSPS) is 11.4. The van der Waals surface area contributed by atoms with E-state index in [0.29, 0.717) is 5.82 Å². The van der Waals surface area contributed by atoms with Crippen molar-refractivity contribution in [2.24, 2.45) is 0 Å². The molecule has 59 heavy (non-hydrogen) atoms.